The minimum atomic E-state index is 0.297. The van der Waals surface area contributed by atoms with Crippen LogP contribution in [0.4, 0.5) is 0 Å². The fourth-order valence-corrected chi connectivity index (χ4v) is 2.71. The zero-order valence-corrected chi connectivity index (χ0v) is 10.6. The number of hydrogen-bond acceptors (Lipinski definition) is 3. The number of hydrogen-bond donors (Lipinski definition) is 0. The van der Waals surface area contributed by atoms with Crippen LogP contribution in [-0.2, 0) is 11.2 Å². The molecule has 1 amide bonds. The van der Waals surface area contributed by atoms with E-state index in [1.165, 1.54) is 19.3 Å². The molecule has 88 valence electrons. The number of carbonyl (C=O) groups is 1. The van der Waals surface area contributed by atoms with E-state index in [0.29, 0.717) is 12.3 Å². The van der Waals surface area contributed by atoms with Crippen molar-refractivity contribution in [3.8, 4) is 0 Å². The second-order valence-corrected chi connectivity index (χ2v) is 5.36. The maximum atomic E-state index is 11.9. The van der Waals surface area contributed by atoms with Gasteiger partial charge in [-0.3, -0.25) is 4.79 Å². The predicted octanol–water partition coefficient (Wildman–Crippen LogP) is 2.40. The molecule has 1 saturated heterocycles. The predicted molar refractivity (Wildman–Crippen MR) is 65.6 cm³/mol. The van der Waals surface area contributed by atoms with E-state index < -0.39 is 0 Å². The summed E-state index contributed by atoms with van der Waals surface area (Å²) in [6, 6.07) is 0. The minimum Gasteiger partial charge on any atom is -0.343 e. The first-order chi connectivity index (χ1) is 7.75. The quantitative estimate of drug-likeness (QED) is 0.810. The third kappa shape index (κ3) is 3.04. The van der Waals surface area contributed by atoms with E-state index in [-0.39, 0.29) is 0 Å². The highest BCUT2D eigenvalue weighted by atomic mass is 32.1. The summed E-state index contributed by atoms with van der Waals surface area (Å²) < 4.78 is 0. The van der Waals surface area contributed by atoms with Crippen molar-refractivity contribution in [2.75, 3.05) is 13.1 Å². The van der Waals surface area contributed by atoms with Crippen molar-refractivity contribution in [1.82, 2.24) is 9.88 Å². The van der Waals surface area contributed by atoms with Crippen molar-refractivity contribution in [1.29, 1.82) is 0 Å². The zero-order valence-electron chi connectivity index (χ0n) is 9.74. The summed E-state index contributed by atoms with van der Waals surface area (Å²) in [4.78, 5) is 18.3. The molecule has 3 nitrogen and oxygen atoms in total. The van der Waals surface area contributed by atoms with Crippen molar-refractivity contribution >= 4 is 17.2 Å². The second kappa shape index (κ2) is 5.43. The standard InChI is InChI=1S/C12H18N2OS/c1-10-13-11(9-16-10)5-6-12(15)14-7-3-2-4-8-14/h9H,2-8H2,1H3. The maximum absolute atomic E-state index is 11.9. The fourth-order valence-electron chi connectivity index (χ4n) is 2.06. The first-order valence-electron chi connectivity index (χ1n) is 5.94. The molecule has 4 heteroatoms. The molecule has 0 bridgehead atoms. The molecule has 1 fully saturated rings. The van der Waals surface area contributed by atoms with Gasteiger partial charge in [-0.2, -0.15) is 0 Å². The van der Waals surface area contributed by atoms with Crippen LogP contribution in [0, 0.1) is 6.92 Å². The van der Waals surface area contributed by atoms with Crippen molar-refractivity contribution in [3.05, 3.63) is 16.1 Å². The Morgan fingerprint density at radius 2 is 2.19 bits per heavy atom. The first-order valence-corrected chi connectivity index (χ1v) is 6.82. The monoisotopic (exact) mass is 238 g/mol. The number of aryl methyl sites for hydroxylation is 2. The normalized spacial score (nSPS) is 16.4. The molecule has 0 atom stereocenters. The van der Waals surface area contributed by atoms with E-state index in [1.54, 1.807) is 11.3 Å². The summed E-state index contributed by atoms with van der Waals surface area (Å²) in [7, 11) is 0. The first kappa shape index (κ1) is 11.6. The van der Waals surface area contributed by atoms with Crippen LogP contribution >= 0.6 is 11.3 Å². The van der Waals surface area contributed by atoms with Gasteiger partial charge in [0, 0.05) is 24.9 Å². The van der Waals surface area contributed by atoms with Crippen molar-refractivity contribution in [2.24, 2.45) is 0 Å². The van der Waals surface area contributed by atoms with Crippen molar-refractivity contribution < 1.29 is 4.79 Å². The van der Waals surface area contributed by atoms with Gasteiger partial charge in [-0.15, -0.1) is 11.3 Å². The summed E-state index contributed by atoms with van der Waals surface area (Å²) in [5.41, 5.74) is 1.06. The zero-order chi connectivity index (χ0) is 11.4. The topological polar surface area (TPSA) is 33.2 Å². The highest BCUT2D eigenvalue weighted by Crippen LogP contribution is 2.13. The number of aromatic nitrogens is 1. The molecule has 0 unspecified atom stereocenters. The molecule has 2 rings (SSSR count). The molecule has 16 heavy (non-hydrogen) atoms. The summed E-state index contributed by atoms with van der Waals surface area (Å²) in [6.45, 7) is 3.91. The lowest BCUT2D eigenvalue weighted by molar-refractivity contribution is -0.132. The molecular formula is C12H18N2OS. The van der Waals surface area contributed by atoms with E-state index in [9.17, 15) is 4.79 Å². The summed E-state index contributed by atoms with van der Waals surface area (Å²) >= 11 is 1.66. The smallest absolute Gasteiger partial charge is 0.222 e. The molecule has 0 N–H and O–H groups in total. The molecule has 0 aliphatic carbocycles. The van der Waals surface area contributed by atoms with Gasteiger partial charge in [-0.25, -0.2) is 4.98 Å². The average molecular weight is 238 g/mol. The van der Waals surface area contributed by atoms with Crippen LogP contribution in [0.1, 0.15) is 36.4 Å². The van der Waals surface area contributed by atoms with Crippen LogP contribution in [0.5, 0.6) is 0 Å². The fraction of sp³-hybridized carbons (Fsp3) is 0.667. The van der Waals surface area contributed by atoms with Crippen LogP contribution in [0.25, 0.3) is 0 Å². The Labute approximate surface area is 100 Å². The summed E-state index contributed by atoms with van der Waals surface area (Å²) in [5.74, 6) is 0.297. The molecule has 1 aliphatic heterocycles. The molecule has 0 saturated carbocycles. The maximum Gasteiger partial charge on any atom is 0.222 e. The Morgan fingerprint density at radius 3 is 2.81 bits per heavy atom. The Balaban J connectivity index is 1.78. The highest BCUT2D eigenvalue weighted by molar-refractivity contribution is 7.09. The second-order valence-electron chi connectivity index (χ2n) is 4.30. The van der Waals surface area contributed by atoms with Gasteiger partial charge in [0.15, 0.2) is 0 Å². The molecule has 0 radical (unpaired) electrons. The van der Waals surface area contributed by atoms with Crippen LogP contribution in [0.3, 0.4) is 0 Å². The minimum absolute atomic E-state index is 0.297. The Hall–Kier alpha value is -0.900. The molecular weight excluding hydrogens is 220 g/mol. The van der Waals surface area contributed by atoms with E-state index in [2.05, 4.69) is 10.4 Å². The van der Waals surface area contributed by atoms with Gasteiger partial charge in [0.25, 0.3) is 0 Å². The van der Waals surface area contributed by atoms with Gasteiger partial charge in [-0.1, -0.05) is 0 Å². The van der Waals surface area contributed by atoms with Gasteiger partial charge >= 0.3 is 0 Å². The highest BCUT2D eigenvalue weighted by Gasteiger charge is 2.16. The van der Waals surface area contributed by atoms with Crippen molar-refractivity contribution in [3.63, 3.8) is 0 Å². The number of likely N-dealkylation sites (tertiary alicyclic amines) is 1. The SMILES string of the molecule is Cc1nc(CCC(=O)N2CCCCC2)cs1. The van der Waals surface area contributed by atoms with E-state index >= 15 is 0 Å². The third-order valence-corrected chi connectivity index (χ3v) is 3.79. The van der Waals surface area contributed by atoms with Gasteiger partial charge in [0.05, 0.1) is 10.7 Å². The van der Waals surface area contributed by atoms with E-state index in [4.69, 9.17) is 0 Å². The van der Waals surface area contributed by atoms with Crippen LogP contribution in [0.15, 0.2) is 5.38 Å². The molecule has 0 aromatic carbocycles. The molecule has 1 aromatic heterocycles. The van der Waals surface area contributed by atoms with E-state index in [1.807, 2.05) is 11.8 Å². The lowest BCUT2D eigenvalue weighted by Gasteiger charge is -2.26. The largest absolute Gasteiger partial charge is 0.343 e. The van der Waals surface area contributed by atoms with Crippen LogP contribution in [0.2, 0.25) is 0 Å². The Kier molecular flexibility index (Phi) is 3.93. The Morgan fingerprint density at radius 1 is 1.44 bits per heavy atom. The lowest BCUT2D eigenvalue weighted by Crippen LogP contribution is -2.35. The number of rotatable bonds is 3. The lowest BCUT2D eigenvalue weighted by atomic mass is 10.1. The number of carbonyl (C=O) groups excluding carboxylic acids is 1. The molecule has 0 spiro atoms. The van der Waals surface area contributed by atoms with Gasteiger partial charge in [0.2, 0.25) is 5.91 Å². The van der Waals surface area contributed by atoms with E-state index in [0.717, 1.165) is 30.2 Å². The van der Waals surface area contributed by atoms with Crippen molar-refractivity contribution in [2.45, 2.75) is 39.0 Å². The van der Waals surface area contributed by atoms with Gasteiger partial charge < -0.3 is 4.90 Å². The third-order valence-electron chi connectivity index (χ3n) is 2.97. The van der Waals surface area contributed by atoms with Gasteiger partial charge in [-0.05, 0) is 32.6 Å². The number of thiazole rings is 1. The number of nitrogens with zero attached hydrogens (tertiary/aromatic N) is 2. The van der Waals surface area contributed by atoms with Crippen LogP contribution in [-0.4, -0.2) is 28.9 Å². The number of piperidine rings is 1. The molecule has 1 aliphatic rings. The Bertz CT molecular complexity index is 356. The summed E-state index contributed by atoms with van der Waals surface area (Å²) in [5, 5.41) is 3.14. The molecule has 2 heterocycles. The summed E-state index contributed by atoms with van der Waals surface area (Å²) in [6.07, 6.45) is 5.01. The van der Waals surface area contributed by atoms with Gasteiger partial charge in [0.1, 0.15) is 0 Å². The average Bonchev–Trinajstić information content (AvgIpc) is 2.73. The van der Waals surface area contributed by atoms with Crippen LogP contribution < -0.4 is 0 Å². The number of amides is 1. The molecule has 1 aromatic rings.